The van der Waals surface area contributed by atoms with Gasteiger partial charge in [0.05, 0.1) is 0 Å². The van der Waals surface area contributed by atoms with Crippen LogP contribution in [0.1, 0.15) is 16.7 Å². The third-order valence-electron chi connectivity index (χ3n) is 3.27. The lowest BCUT2D eigenvalue weighted by Gasteiger charge is -2.14. The number of hydrogen-bond acceptors (Lipinski definition) is 4. The Morgan fingerprint density at radius 1 is 1.14 bits per heavy atom. The normalized spacial score (nSPS) is 10.2. The van der Waals surface area contributed by atoms with E-state index in [0.717, 1.165) is 20.3 Å². The third-order valence-corrected chi connectivity index (χ3v) is 3.27. The summed E-state index contributed by atoms with van der Waals surface area (Å²) < 4.78 is 7.72. The molecule has 2 aromatic rings. The second-order valence-electron chi connectivity index (χ2n) is 4.87. The van der Waals surface area contributed by atoms with Crippen molar-refractivity contribution in [2.24, 2.45) is 14.1 Å². The molecule has 0 aliphatic heterocycles. The first-order valence-electron chi connectivity index (χ1n) is 6.32. The summed E-state index contributed by atoms with van der Waals surface area (Å²) >= 11 is 0. The number of hydrogen-bond donors (Lipinski definition) is 0. The molecule has 1 aromatic carbocycles. The monoisotopic (exact) mass is 285 g/mol. The van der Waals surface area contributed by atoms with Gasteiger partial charge in [0.2, 0.25) is 5.88 Å². The lowest BCUT2D eigenvalue weighted by molar-refractivity contribution is 0.418. The predicted molar refractivity (Wildman–Crippen MR) is 77.6 cm³/mol. The molecule has 6 nitrogen and oxygen atoms in total. The average molecular weight is 285 g/mol. The van der Waals surface area contributed by atoms with Gasteiger partial charge in [0.25, 0.3) is 5.56 Å². The fraction of sp³-hybridized carbons (Fsp3) is 0.267. The van der Waals surface area contributed by atoms with Crippen molar-refractivity contribution in [1.82, 2.24) is 9.13 Å². The average Bonchev–Trinajstić information content (AvgIpc) is 2.46. The second kappa shape index (κ2) is 5.29. The first-order valence-corrected chi connectivity index (χ1v) is 6.32. The van der Waals surface area contributed by atoms with Gasteiger partial charge in [-0.05, 0) is 31.0 Å². The molecular formula is C15H15N3O3. The van der Waals surface area contributed by atoms with Crippen molar-refractivity contribution in [3.8, 4) is 17.7 Å². The molecule has 0 fully saturated rings. The van der Waals surface area contributed by atoms with E-state index in [-0.39, 0.29) is 11.4 Å². The summed E-state index contributed by atoms with van der Waals surface area (Å²) in [4.78, 5) is 23.9. The van der Waals surface area contributed by atoms with Crippen molar-refractivity contribution in [3.63, 3.8) is 0 Å². The number of ether oxygens (including phenoxy) is 1. The lowest BCUT2D eigenvalue weighted by atomic mass is 10.1. The minimum absolute atomic E-state index is 0.0423. The summed E-state index contributed by atoms with van der Waals surface area (Å²) in [6.45, 7) is 3.75. The summed E-state index contributed by atoms with van der Waals surface area (Å²) in [6.07, 6.45) is 0. The van der Waals surface area contributed by atoms with Crippen LogP contribution in [0, 0.1) is 25.2 Å². The quantitative estimate of drug-likeness (QED) is 0.835. The Bertz CT molecular complexity index is 869. The van der Waals surface area contributed by atoms with Gasteiger partial charge in [-0.2, -0.15) is 5.26 Å². The van der Waals surface area contributed by atoms with E-state index >= 15 is 0 Å². The Morgan fingerprint density at radius 2 is 1.81 bits per heavy atom. The zero-order valence-electron chi connectivity index (χ0n) is 12.3. The van der Waals surface area contributed by atoms with Gasteiger partial charge >= 0.3 is 5.69 Å². The van der Waals surface area contributed by atoms with Crippen LogP contribution >= 0.6 is 0 Å². The summed E-state index contributed by atoms with van der Waals surface area (Å²) in [5.41, 5.74) is 0.418. The lowest BCUT2D eigenvalue weighted by Crippen LogP contribution is -2.38. The Morgan fingerprint density at radius 3 is 2.43 bits per heavy atom. The summed E-state index contributed by atoms with van der Waals surface area (Å²) in [5, 5.41) is 9.18. The minimum Gasteiger partial charge on any atom is -0.439 e. The molecular weight excluding hydrogens is 270 g/mol. The Kier molecular flexibility index (Phi) is 3.68. The van der Waals surface area contributed by atoms with Gasteiger partial charge < -0.3 is 4.74 Å². The minimum atomic E-state index is -0.666. The summed E-state index contributed by atoms with van der Waals surface area (Å²) in [5.74, 6) is 0.467. The van der Waals surface area contributed by atoms with E-state index in [0.29, 0.717) is 5.75 Å². The Balaban J connectivity index is 2.71. The van der Waals surface area contributed by atoms with Gasteiger partial charge in [-0.25, -0.2) is 4.79 Å². The molecule has 0 aliphatic rings. The molecule has 1 heterocycles. The molecule has 0 amide bonds. The van der Waals surface area contributed by atoms with Gasteiger partial charge in [0, 0.05) is 14.1 Å². The zero-order chi connectivity index (χ0) is 15.7. The predicted octanol–water partition coefficient (Wildman–Crippen LogP) is 1.36. The Hall–Kier alpha value is -2.81. The van der Waals surface area contributed by atoms with Gasteiger partial charge in [0.1, 0.15) is 11.8 Å². The fourth-order valence-corrected chi connectivity index (χ4v) is 1.96. The van der Waals surface area contributed by atoms with Crippen molar-refractivity contribution >= 4 is 0 Å². The van der Waals surface area contributed by atoms with Crippen LogP contribution in [0.5, 0.6) is 11.6 Å². The second-order valence-corrected chi connectivity index (χ2v) is 4.87. The highest BCUT2D eigenvalue weighted by molar-refractivity contribution is 5.43. The zero-order valence-corrected chi connectivity index (χ0v) is 12.3. The maximum atomic E-state index is 12.0. The van der Waals surface area contributed by atoms with E-state index in [4.69, 9.17) is 4.74 Å². The molecule has 0 spiro atoms. The van der Waals surface area contributed by atoms with Crippen LogP contribution in [0.25, 0.3) is 0 Å². The van der Waals surface area contributed by atoms with Gasteiger partial charge in [-0.3, -0.25) is 13.9 Å². The Labute approximate surface area is 121 Å². The number of benzene rings is 1. The van der Waals surface area contributed by atoms with Crippen LogP contribution < -0.4 is 16.0 Å². The highest BCUT2D eigenvalue weighted by Gasteiger charge is 2.18. The number of nitrogens with zero attached hydrogens (tertiary/aromatic N) is 3. The van der Waals surface area contributed by atoms with Crippen LogP contribution in [0.3, 0.4) is 0 Å². The van der Waals surface area contributed by atoms with Crippen molar-refractivity contribution in [1.29, 1.82) is 5.26 Å². The number of rotatable bonds is 2. The van der Waals surface area contributed by atoms with E-state index in [1.165, 1.54) is 14.1 Å². The van der Waals surface area contributed by atoms with Crippen molar-refractivity contribution in [3.05, 3.63) is 55.7 Å². The van der Waals surface area contributed by atoms with Crippen LogP contribution in [0.15, 0.2) is 27.8 Å². The fourth-order valence-electron chi connectivity index (χ4n) is 1.96. The van der Waals surface area contributed by atoms with E-state index in [9.17, 15) is 14.9 Å². The molecule has 2 rings (SSSR count). The van der Waals surface area contributed by atoms with Crippen molar-refractivity contribution < 1.29 is 4.74 Å². The number of aromatic nitrogens is 2. The van der Waals surface area contributed by atoms with Crippen molar-refractivity contribution in [2.45, 2.75) is 13.8 Å². The van der Waals surface area contributed by atoms with Crippen molar-refractivity contribution in [2.75, 3.05) is 0 Å². The molecule has 0 saturated heterocycles. The largest absolute Gasteiger partial charge is 0.439 e. The molecule has 0 atom stereocenters. The van der Waals surface area contributed by atoms with E-state index in [2.05, 4.69) is 0 Å². The van der Waals surface area contributed by atoms with Crippen LogP contribution in [-0.2, 0) is 14.1 Å². The maximum Gasteiger partial charge on any atom is 0.333 e. The highest BCUT2D eigenvalue weighted by atomic mass is 16.5. The van der Waals surface area contributed by atoms with Gasteiger partial charge in [0.15, 0.2) is 5.56 Å². The molecule has 21 heavy (non-hydrogen) atoms. The maximum absolute atomic E-state index is 12.0. The van der Waals surface area contributed by atoms with Crippen LogP contribution in [0.2, 0.25) is 0 Å². The van der Waals surface area contributed by atoms with E-state index < -0.39 is 11.2 Å². The highest BCUT2D eigenvalue weighted by Crippen LogP contribution is 2.26. The molecule has 0 radical (unpaired) electrons. The molecule has 0 aliphatic carbocycles. The molecule has 0 unspecified atom stereocenters. The molecule has 1 aromatic heterocycles. The number of nitriles is 1. The molecule has 0 saturated carbocycles. The first kappa shape index (κ1) is 14.6. The molecule has 6 heteroatoms. The standard InChI is InChI=1S/C15H15N3O3/c1-9-5-6-10(2)12(7-9)21-14-11(8-16)13(19)17(3)15(20)18(14)4/h5-7H,1-4H3. The molecule has 0 N–H and O–H groups in total. The number of aryl methyl sites for hydroxylation is 2. The summed E-state index contributed by atoms with van der Waals surface area (Å²) in [7, 11) is 2.79. The smallest absolute Gasteiger partial charge is 0.333 e. The summed E-state index contributed by atoms with van der Waals surface area (Å²) in [6, 6.07) is 7.40. The SMILES string of the molecule is Cc1ccc(C)c(Oc2c(C#N)c(=O)n(C)c(=O)n2C)c1. The molecule has 108 valence electrons. The van der Waals surface area contributed by atoms with E-state index in [1.807, 2.05) is 32.0 Å². The van der Waals surface area contributed by atoms with Gasteiger partial charge in [-0.1, -0.05) is 12.1 Å². The topological polar surface area (TPSA) is 77.0 Å². The van der Waals surface area contributed by atoms with E-state index in [1.54, 1.807) is 6.07 Å². The van der Waals surface area contributed by atoms with Gasteiger partial charge in [-0.15, -0.1) is 0 Å². The van der Waals surface area contributed by atoms with Crippen LogP contribution in [-0.4, -0.2) is 9.13 Å². The first-order chi connectivity index (χ1) is 9.86. The molecule has 0 bridgehead atoms. The third kappa shape index (κ3) is 2.46. The van der Waals surface area contributed by atoms with Crippen LogP contribution in [0.4, 0.5) is 0 Å².